The van der Waals surface area contributed by atoms with Gasteiger partial charge < -0.3 is 77.8 Å². The Bertz CT molecular complexity index is 2230. The minimum atomic E-state index is -1.70. The maximum atomic E-state index is 14.6. The summed E-state index contributed by atoms with van der Waals surface area (Å²) in [6.07, 6.45) is -5.51. The van der Waals surface area contributed by atoms with Crippen LogP contribution < -0.4 is 58.5 Å². The third-order valence-corrected chi connectivity index (χ3v) is 10.9. The van der Waals surface area contributed by atoms with Crippen molar-refractivity contribution in [2.45, 2.75) is 194 Å². The molecule has 2 rings (SSSR count). The number of alkyl carbamates (subject to hydrolysis) is 3. The van der Waals surface area contributed by atoms with E-state index in [0.717, 1.165) is 6.92 Å². The summed E-state index contributed by atoms with van der Waals surface area (Å²) in [6, 6.07) is -2.05. The Morgan fingerprint density at radius 1 is 0.551 bits per heavy atom. The average molecular weight is 1100 g/mol. The van der Waals surface area contributed by atoms with Gasteiger partial charge in [0.1, 0.15) is 59.1 Å². The number of nitrogens with one attached hydrogen (secondary N) is 11. The van der Waals surface area contributed by atoms with Gasteiger partial charge in [-0.2, -0.15) is 0 Å². The minimum absolute atomic E-state index is 0.0161. The van der Waals surface area contributed by atoms with Crippen LogP contribution in [-0.4, -0.2) is 162 Å². The number of hydrogen-bond donors (Lipinski definition) is 12. The predicted molar refractivity (Wildman–Crippen MR) is 285 cm³/mol. The third-order valence-electron chi connectivity index (χ3n) is 10.9. The normalized spacial score (nSPS) is 22.3. The summed E-state index contributed by atoms with van der Waals surface area (Å²) in [5.41, 5.74) is -2.11. The summed E-state index contributed by atoms with van der Waals surface area (Å²) in [4.78, 5) is 151. The third kappa shape index (κ3) is 27.2. The lowest BCUT2D eigenvalue weighted by Gasteiger charge is -2.29. The second-order valence-electron chi connectivity index (χ2n) is 22.3. The minimum Gasteiger partial charge on any atom is -0.444 e. The number of aliphatic hydroxyl groups excluding tert-OH is 1. The lowest BCUT2D eigenvalue weighted by Crippen LogP contribution is -2.61. The monoisotopic (exact) mass is 1100 g/mol. The van der Waals surface area contributed by atoms with E-state index in [1.165, 1.54) is 6.92 Å². The molecule has 1 saturated heterocycles. The Kier molecular flexibility index (Phi) is 26.8. The molecule has 12 N–H and O–H groups in total. The lowest BCUT2D eigenvalue weighted by atomic mass is 10.00. The van der Waals surface area contributed by atoms with Gasteiger partial charge in [0, 0.05) is 39.5 Å². The number of ether oxygens (including phenoxy) is 3. The van der Waals surface area contributed by atoms with E-state index in [1.54, 1.807) is 106 Å². The highest BCUT2D eigenvalue weighted by Gasteiger charge is 2.36. The molecule has 1 aromatic rings. The smallest absolute Gasteiger partial charge is 0.407 e. The second-order valence-corrected chi connectivity index (χ2v) is 22.3. The Morgan fingerprint density at radius 3 is 1.32 bits per heavy atom. The molecule has 1 aromatic carbocycles. The van der Waals surface area contributed by atoms with Gasteiger partial charge in [-0.1, -0.05) is 44.2 Å². The second kappa shape index (κ2) is 31.2. The van der Waals surface area contributed by atoms with E-state index in [9.17, 15) is 57.8 Å². The molecule has 0 saturated carbocycles. The Morgan fingerprint density at radius 2 is 0.923 bits per heavy atom. The predicted octanol–water partition coefficient (Wildman–Crippen LogP) is 0.334. The summed E-state index contributed by atoms with van der Waals surface area (Å²) in [6.45, 7) is 19.5. The topological polar surface area (TPSA) is 368 Å². The number of carbonyl (C=O) groups is 11. The lowest BCUT2D eigenvalue weighted by molar-refractivity contribution is -0.136. The van der Waals surface area contributed by atoms with Gasteiger partial charge in [0.15, 0.2) is 0 Å². The van der Waals surface area contributed by atoms with Crippen LogP contribution in [0.5, 0.6) is 0 Å². The van der Waals surface area contributed by atoms with Crippen molar-refractivity contribution in [3.63, 3.8) is 0 Å². The SMILES string of the molecule is CC(=O)N[C@H]1CCNC(=O)[C@H]([C@@H](C)O)NC(=O)[C@H](CCNC(=O)OC(C)(C)C)NC(=O)[C@H](CCNC(=O)OC(C)(C)C)NC(=O)[C@H](CC(C)C)NC(=O)[C@@H](Cc2ccccc2)NC(=O)[C@H](CCNC(=O)OC(C)(C)C)NC1=O. The molecule has 0 unspecified atom stereocenters. The van der Waals surface area contributed by atoms with Gasteiger partial charge in [-0.25, -0.2) is 14.4 Å². The van der Waals surface area contributed by atoms with Crippen molar-refractivity contribution in [2.75, 3.05) is 26.2 Å². The van der Waals surface area contributed by atoms with Gasteiger partial charge in [-0.15, -0.1) is 0 Å². The van der Waals surface area contributed by atoms with E-state index < -0.39 is 131 Å². The van der Waals surface area contributed by atoms with Crippen molar-refractivity contribution in [1.29, 1.82) is 0 Å². The summed E-state index contributed by atoms with van der Waals surface area (Å²) in [5.74, 6) is -7.49. The van der Waals surface area contributed by atoms with Crippen LogP contribution in [0.2, 0.25) is 0 Å². The van der Waals surface area contributed by atoms with Crippen LogP contribution in [0.1, 0.15) is 128 Å². The summed E-state index contributed by atoms with van der Waals surface area (Å²) < 4.78 is 16.0. The zero-order chi connectivity index (χ0) is 59.1. The van der Waals surface area contributed by atoms with Crippen LogP contribution >= 0.6 is 0 Å². The molecule has 8 atom stereocenters. The molecule has 0 radical (unpaired) electrons. The molecule has 1 aliphatic heterocycles. The average Bonchev–Trinajstić information content (AvgIpc) is 3.29. The van der Waals surface area contributed by atoms with Gasteiger partial charge >= 0.3 is 18.3 Å². The molecule has 26 heteroatoms. The molecule has 0 aromatic heterocycles. The number of benzene rings is 1. The zero-order valence-electron chi connectivity index (χ0n) is 47.3. The Labute approximate surface area is 456 Å². The van der Waals surface area contributed by atoms with Crippen LogP contribution in [0, 0.1) is 5.92 Å². The van der Waals surface area contributed by atoms with Crippen LogP contribution in [0.25, 0.3) is 0 Å². The van der Waals surface area contributed by atoms with Crippen molar-refractivity contribution < 1.29 is 72.1 Å². The van der Waals surface area contributed by atoms with E-state index in [0.29, 0.717) is 5.56 Å². The Balaban J connectivity index is 2.83. The molecule has 78 heavy (non-hydrogen) atoms. The highest BCUT2D eigenvalue weighted by atomic mass is 16.6. The summed E-state index contributed by atoms with van der Waals surface area (Å²) >= 11 is 0. The molecular weight excluding hydrogens is 1020 g/mol. The van der Waals surface area contributed by atoms with E-state index in [2.05, 4.69) is 58.5 Å². The molecule has 0 aliphatic carbocycles. The molecule has 0 bridgehead atoms. The standard InChI is InChI=1S/C52H85N11O15/c1-29(2)27-37-44(70)60-34(20-24-54-47(73)76-50(5,6)7)41(67)59-36(22-26-56-49(75)78-52(11,12)13)43(69)63-39(30(3)64)46(72)53-23-19-33(57-31(4)65)40(66)58-35(21-25-55-48(74)77-51(8,9)10)42(68)62-38(45(71)61-37)28-32-17-15-14-16-18-32/h14-18,29-30,33-39,64H,19-28H2,1-13H3,(H,53,72)(H,54,73)(H,55,74)(H,56,75)(H,57,65)(H,58,66)(H,59,67)(H,60,70)(H,61,71)(H,62,68)(H,63,69)/t30-,33+,34+,35+,36+,37+,38-,39+/m1/s1. The molecule has 438 valence electrons. The zero-order valence-corrected chi connectivity index (χ0v) is 47.3. The van der Waals surface area contributed by atoms with Crippen molar-refractivity contribution >= 4 is 65.5 Å². The summed E-state index contributed by atoms with van der Waals surface area (Å²) in [5, 5.41) is 39.0. The number of carbonyl (C=O) groups excluding carboxylic acids is 11. The fourth-order valence-electron chi connectivity index (χ4n) is 7.45. The van der Waals surface area contributed by atoms with Gasteiger partial charge in [-0.3, -0.25) is 38.4 Å². The van der Waals surface area contributed by atoms with Crippen LogP contribution in [0.4, 0.5) is 14.4 Å². The van der Waals surface area contributed by atoms with E-state index >= 15 is 0 Å². The van der Waals surface area contributed by atoms with Gasteiger partial charge in [0.05, 0.1) is 6.10 Å². The van der Waals surface area contributed by atoms with Gasteiger partial charge in [0.2, 0.25) is 47.3 Å². The first-order valence-electron chi connectivity index (χ1n) is 26.1. The fraction of sp³-hybridized carbons (Fsp3) is 0.673. The fourth-order valence-corrected chi connectivity index (χ4v) is 7.45. The first kappa shape index (κ1) is 66.9. The van der Waals surface area contributed by atoms with E-state index in [1.807, 2.05) is 0 Å². The van der Waals surface area contributed by atoms with Crippen LogP contribution in [-0.2, 0) is 59.0 Å². The largest absolute Gasteiger partial charge is 0.444 e. The van der Waals surface area contributed by atoms with Crippen LogP contribution in [0.15, 0.2) is 30.3 Å². The van der Waals surface area contributed by atoms with Crippen molar-refractivity contribution in [2.24, 2.45) is 5.92 Å². The number of amides is 11. The quantitative estimate of drug-likeness (QED) is 0.105. The highest BCUT2D eigenvalue weighted by molar-refractivity contribution is 5.98. The molecule has 1 aliphatic rings. The maximum Gasteiger partial charge on any atom is 0.407 e. The van der Waals surface area contributed by atoms with Crippen LogP contribution in [0.3, 0.4) is 0 Å². The van der Waals surface area contributed by atoms with Gasteiger partial charge in [0.25, 0.3) is 0 Å². The molecule has 26 nitrogen and oxygen atoms in total. The molecule has 1 fully saturated rings. The van der Waals surface area contributed by atoms with Crippen molar-refractivity contribution in [3.05, 3.63) is 35.9 Å². The number of aliphatic hydroxyl groups is 1. The first-order chi connectivity index (χ1) is 36.1. The van der Waals surface area contributed by atoms with Gasteiger partial charge in [-0.05, 0) is 113 Å². The van der Waals surface area contributed by atoms with E-state index in [4.69, 9.17) is 14.2 Å². The molecule has 0 spiro atoms. The molecule has 1 heterocycles. The van der Waals surface area contributed by atoms with Crippen molar-refractivity contribution in [3.8, 4) is 0 Å². The number of hydrogen-bond acceptors (Lipinski definition) is 15. The molecular formula is C52H85N11O15. The maximum absolute atomic E-state index is 14.6. The van der Waals surface area contributed by atoms with Crippen molar-refractivity contribution in [1.82, 2.24) is 58.5 Å². The highest BCUT2D eigenvalue weighted by Crippen LogP contribution is 2.13. The summed E-state index contributed by atoms with van der Waals surface area (Å²) in [7, 11) is 0. The van der Waals surface area contributed by atoms with E-state index in [-0.39, 0.29) is 70.6 Å². The first-order valence-corrected chi connectivity index (χ1v) is 26.1. The molecule has 11 amide bonds. The number of rotatable bonds is 15. The Hall–Kier alpha value is -7.25.